The summed E-state index contributed by atoms with van der Waals surface area (Å²) in [5.74, 6) is -0.668. The van der Waals surface area contributed by atoms with Gasteiger partial charge in [0.25, 0.3) is 0 Å². The van der Waals surface area contributed by atoms with Crippen LogP contribution < -0.4 is 10.6 Å². The fourth-order valence-corrected chi connectivity index (χ4v) is 1.55. The number of alkyl carbamates (subject to hydrolysis) is 1. The molecule has 1 rings (SSSR count). The predicted octanol–water partition coefficient (Wildman–Crippen LogP) is 3.17. The average molecular weight is 295 g/mol. The van der Waals surface area contributed by atoms with Gasteiger partial charge in [0.2, 0.25) is 0 Å². The molecule has 0 saturated heterocycles. The molecular weight excluding hydrogens is 273 g/mol. The van der Waals surface area contributed by atoms with Crippen molar-refractivity contribution in [3.8, 4) is 0 Å². The van der Waals surface area contributed by atoms with Crippen molar-refractivity contribution in [2.45, 2.75) is 39.7 Å². The third-order valence-electron chi connectivity index (χ3n) is 2.43. The van der Waals surface area contributed by atoms with Crippen molar-refractivity contribution in [1.82, 2.24) is 10.6 Å². The highest BCUT2D eigenvalue weighted by Gasteiger charge is 2.21. The molecule has 0 atom stereocenters. The maximum Gasteiger partial charge on any atom is 0.412 e. The van der Waals surface area contributed by atoms with E-state index in [2.05, 4.69) is 10.6 Å². The van der Waals surface area contributed by atoms with Crippen LogP contribution in [0.5, 0.6) is 0 Å². The van der Waals surface area contributed by atoms with Crippen LogP contribution in [0, 0.1) is 5.41 Å². The van der Waals surface area contributed by atoms with Gasteiger partial charge in [-0.3, -0.25) is 5.32 Å². The normalized spacial score (nSPS) is 17.2. The Morgan fingerprint density at radius 3 is 2.67 bits per heavy atom. The fourth-order valence-electron chi connectivity index (χ4n) is 1.55. The molecule has 116 valence electrons. The van der Waals surface area contributed by atoms with E-state index in [4.69, 9.17) is 10.1 Å². The molecule has 21 heavy (non-hydrogen) atoms. The standard InChI is InChI=1S/C15H22FN3O2/c1-5-6-18-9-10-7-13(11(16)8-12(10)17)19-14(20)21-15(2,3)4/h7-9,17-18H,5-6H2,1-4H3,(H,19,20)/b10-9-,17-12?. The summed E-state index contributed by atoms with van der Waals surface area (Å²) in [5.41, 5.74) is -0.125. The van der Waals surface area contributed by atoms with Gasteiger partial charge in [0.1, 0.15) is 11.4 Å². The van der Waals surface area contributed by atoms with Crippen molar-refractivity contribution in [3.05, 3.63) is 35.4 Å². The minimum absolute atomic E-state index is 0.00945. The maximum atomic E-state index is 13.8. The van der Waals surface area contributed by atoms with Crippen molar-refractivity contribution < 1.29 is 13.9 Å². The second-order valence-corrected chi connectivity index (χ2v) is 5.64. The summed E-state index contributed by atoms with van der Waals surface area (Å²) in [4.78, 5) is 11.7. The lowest BCUT2D eigenvalue weighted by molar-refractivity contribution is 0.0545. The Kier molecular flexibility index (Phi) is 5.69. The van der Waals surface area contributed by atoms with E-state index in [-0.39, 0.29) is 11.4 Å². The summed E-state index contributed by atoms with van der Waals surface area (Å²) in [6.45, 7) is 7.95. The molecule has 3 N–H and O–H groups in total. The topological polar surface area (TPSA) is 74.2 Å². The van der Waals surface area contributed by atoms with E-state index in [0.717, 1.165) is 19.0 Å². The first-order chi connectivity index (χ1) is 9.73. The number of carbonyl (C=O) groups is 1. The molecule has 0 heterocycles. The van der Waals surface area contributed by atoms with Crippen LogP contribution in [0.2, 0.25) is 0 Å². The molecule has 0 aromatic carbocycles. The van der Waals surface area contributed by atoms with Crippen LogP contribution in [0.3, 0.4) is 0 Å². The SMILES string of the molecule is CCCN/C=C1/C=C(NC(=O)OC(C)(C)C)C(F)=CC1=N. The van der Waals surface area contributed by atoms with Gasteiger partial charge >= 0.3 is 6.09 Å². The highest BCUT2D eigenvalue weighted by molar-refractivity contribution is 6.10. The number of amides is 1. The number of hydrogen-bond acceptors (Lipinski definition) is 4. The first kappa shape index (κ1) is 16.9. The van der Waals surface area contributed by atoms with Gasteiger partial charge in [-0.15, -0.1) is 0 Å². The van der Waals surface area contributed by atoms with Crippen LogP contribution >= 0.6 is 0 Å². The highest BCUT2D eigenvalue weighted by atomic mass is 19.1. The Morgan fingerprint density at radius 1 is 1.43 bits per heavy atom. The van der Waals surface area contributed by atoms with E-state index in [1.807, 2.05) is 6.92 Å². The van der Waals surface area contributed by atoms with Crippen molar-refractivity contribution in [3.63, 3.8) is 0 Å². The predicted molar refractivity (Wildman–Crippen MR) is 80.7 cm³/mol. The monoisotopic (exact) mass is 295 g/mol. The van der Waals surface area contributed by atoms with Gasteiger partial charge in [-0.25, -0.2) is 9.18 Å². The Morgan fingerprint density at radius 2 is 2.10 bits per heavy atom. The van der Waals surface area contributed by atoms with Gasteiger partial charge in [-0.05, 0) is 33.3 Å². The smallest absolute Gasteiger partial charge is 0.412 e. The van der Waals surface area contributed by atoms with E-state index >= 15 is 0 Å². The molecule has 0 saturated carbocycles. The van der Waals surface area contributed by atoms with Gasteiger partial charge in [-0.1, -0.05) is 6.92 Å². The van der Waals surface area contributed by atoms with Crippen LogP contribution in [-0.2, 0) is 4.74 Å². The number of carbonyl (C=O) groups excluding carboxylic acids is 1. The summed E-state index contributed by atoms with van der Waals surface area (Å²) in [6.07, 6.45) is 4.31. The molecule has 0 spiro atoms. The van der Waals surface area contributed by atoms with Crippen LogP contribution in [0.4, 0.5) is 9.18 Å². The molecule has 0 unspecified atom stereocenters. The summed E-state index contributed by atoms with van der Waals surface area (Å²) in [5, 5.41) is 13.1. The molecule has 6 heteroatoms. The van der Waals surface area contributed by atoms with E-state index < -0.39 is 17.5 Å². The first-order valence-electron chi connectivity index (χ1n) is 6.84. The van der Waals surface area contributed by atoms with E-state index in [1.54, 1.807) is 27.0 Å². The molecule has 0 fully saturated rings. The number of nitrogens with one attached hydrogen (secondary N) is 3. The Hall–Kier alpha value is -2.11. The summed E-state index contributed by atoms with van der Waals surface area (Å²) in [6, 6.07) is 0. The highest BCUT2D eigenvalue weighted by Crippen LogP contribution is 2.20. The van der Waals surface area contributed by atoms with Gasteiger partial charge in [-0.2, -0.15) is 0 Å². The summed E-state index contributed by atoms with van der Waals surface area (Å²) >= 11 is 0. The molecule has 0 aromatic heterocycles. The zero-order chi connectivity index (χ0) is 16.0. The third kappa shape index (κ3) is 5.81. The lowest BCUT2D eigenvalue weighted by Crippen LogP contribution is -2.33. The Bertz CT molecular complexity index is 514. The summed E-state index contributed by atoms with van der Waals surface area (Å²) in [7, 11) is 0. The van der Waals surface area contributed by atoms with Gasteiger partial charge < -0.3 is 15.5 Å². The zero-order valence-electron chi connectivity index (χ0n) is 12.8. The van der Waals surface area contributed by atoms with E-state index in [9.17, 15) is 9.18 Å². The van der Waals surface area contributed by atoms with Gasteiger partial charge in [0, 0.05) is 24.4 Å². The second-order valence-electron chi connectivity index (χ2n) is 5.64. The molecule has 0 aliphatic heterocycles. The quantitative estimate of drug-likeness (QED) is 0.697. The van der Waals surface area contributed by atoms with Crippen molar-refractivity contribution in [1.29, 1.82) is 5.41 Å². The molecule has 0 aromatic rings. The zero-order valence-corrected chi connectivity index (χ0v) is 12.8. The van der Waals surface area contributed by atoms with Crippen molar-refractivity contribution in [2.24, 2.45) is 0 Å². The van der Waals surface area contributed by atoms with Crippen LogP contribution in [-0.4, -0.2) is 24.0 Å². The Balaban J connectivity index is 2.81. The van der Waals surface area contributed by atoms with Crippen LogP contribution in [0.1, 0.15) is 34.1 Å². The molecule has 1 aliphatic carbocycles. The lowest BCUT2D eigenvalue weighted by atomic mass is 10.0. The van der Waals surface area contributed by atoms with E-state index in [0.29, 0.717) is 5.57 Å². The van der Waals surface area contributed by atoms with Crippen LogP contribution in [0.15, 0.2) is 35.4 Å². The van der Waals surface area contributed by atoms with Crippen molar-refractivity contribution in [2.75, 3.05) is 6.54 Å². The fraction of sp³-hybridized carbons (Fsp3) is 0.467. The van der Waals surface area contributed by atoms with Gasteiger partial charge in [0.05, 0.1) is 11.4 Å². The molecule has 1 aliphatic rings. The molecule has 0 bridgehead atoms. The number of hydrogen-bond donors (Lipinski definition) is 3. The first-order valence-corrected chi connectivity index (χ1v) is 6.84. The third-order valence-corrected chi connectivity index (χ3v) is 2.43. The Labute approximate surface area is 124 Å². The van der Waals surface area contributed by atoms with E-state index in [1.165, 1.54) is 6.08 Å². The molecule has 5 nitrogen and oxygen atoms in total. The molecule has 0 radical (unpaired) electrons. The lowest BCUT2D eigenvalue weighted by Gasteiger charge is -2.21. The number of allylic oxidation sites excluding steroid dienone is 4. The summed E-state index contributed by atoms with van der Waals surface area (Å²) < 4.78 is 18.9. The van der Waals surface area contributed by atoms with Crippen molar-refractivity contribution >= 4 is 11.8 Å². The minimum Gasteiger partial charge on any atom is -0.444 e. The molecular formula is C15H22FN3O2. The van der Waals surface area contributed by atoms with Gasteiger partial charge in [0.15, 0.2) is 0 Å². The minimum atomic E-state index is -0.730. The van der Waals surface area contributed by atoms with Crippen LogP contribution in [0.25, 0.3) is 0 Å². The largest absolute Gasteiger partial charge is 0.444 e. The second kappa shape index (κ2) is 7.06. The maximum absolute atomic E-state index is 13.8. The molecule has 1 amide bonds. The average Bonchev–Trinajstić information content (AvgIpc) is 2.32. The number of rotatable bonds is 4. The number of halogens is 1. The number of ether oxygens (including phenoxy) is 1.